The van der Waals surface area contributed by atoms with Gasteiger partial charge in [-0.1, -0.05) is 172 Å². The molecule has 0 heterocycles. The third-order valence-corrected chi connectivity index (χ3v) is 10.1. The Hall–Kier alpha value is -2.49. The van der Waals surface area contributed by atoms with Crippen LogP contribution in [0.25, 0.3) is 0 Å². The third-order valence-electron chi connectivity index (χ3n) is 10.1. The van der Waals surface area contributed by atoms with Crippen LogP contribution in [0, 0.1) is 0 Å². The van der Waals surface area contributed by atoms with Gasteiger partial charge in [0.05, 0.1) is 34.4 Å². The maximum absolute atomic E-state index is 12.8. The highest BCUT2D eigenvalue weighted by atomic mass is 16.7. The molecule has 2 atom stereocenters. The summed E-state index contributed by atoms with van der Waals surface area (Å²) in [5.74, 6) is -2.02. The van der Waals surface area contributed by atoms with Crippen molar-refractivity contribution in [3.63, 3.8) is 0 Å². The van der Waals surface area contributed by atoms with Gasteiger partial charge in [-0.3, -0.25) is 9.59 Å². The number of rotatable bonds is 43. The number of carboxylic acid groups (broad SMARTS) is 1. The monoisotopic (exact) mass is 821 g/mol. The molecule has 0 rings (SSSR count). The maximum Gasteiger partial charge on any atom is 0.361 e. The second kappa shape index (κ2) is 41.3. The predicted molar refractivity (Wildman–Crippen MR) is 240 cm³/mol. The molecule has 0 fully saturated rings. The average molecular weight is 821 g/mol. The molecular formula is C49H90NO8+. The first kappa shape index (κ1) is 55.5. The van der Waals surface area contributed by atoms with E-state index in [-0.39, 0.29) is 32.2 Å². The molecule has 338 valence electrons. The van der Waals surface area contributed by atoms with Crippen LogP contribution >= 0.6 is 0 Å². The minimum atomic E-state index is -1.51. The van der Waals surface area contributed by atoms with E-state index in [0.29, 0.717) is 23.9 Å². The Kier molecular flexibility index (Phi) is 39.5. The summed E-state index contributed by atoms with van der Waals surface area (Å²) in [6.45, 7) is 4.84. The summed E-state index contributed by atoms with van der Waals surface area (Å²) in [7, 11) is 5.95. The van der Waals surface area contributed by atoms with Crippen LogP contribution in [-0.4, -0.2) is 87.4 Å². The number of hydrogen-bond donors (Lipinski definition) is 1. The van der Waals surface area contributed by atoms with Crippen LogP contribution in [0.15, 0.2) is 36.5 Å². The van der Waals surface area contributed by atoms with Crippen LogP contribution in [0.3, 0.4) is 0 Å². The van der Waals surface area contributed by atoms with Gasteiger partial charge in [-0.2, -0.15) is 0 Å². The average Bonchev–Trinajstić information content (AvgIpc) is 3.18. The number of quaternary nitrogens is 1. The van der Waals surface area contributed by atoms with Crippen molar-refractivity contribution >= 4 is 17.9 Å². The van der Waals surface area contributed by atoms with Gasteiger partial charge in [0.15, 0.2) is 6.10 Å². The SMILES string of the molecule is CCCCC/C=C\C/C=C\C/C=C\CCCCCCCCC(=O)OC(COC(=O)CCCCCCCCCCCCCCCC)COC(OCC[N+](C)(C)C)C(=O)O. The normalized spacial score (nSPS) is 13.2. The Morgan fingerprint density at radius 1 is 0.517 bits per heavy atom. The maximum atomic E-state index is 12.8. The second-order valence-electron chi connectivity index (χ2n) is 17.1. The smallest absolute Gasteiger partial charge is 0.361 e. The summed E-state index contributed by atoms with van der Waals surface area (Å²) in [5, 5.41) is 9.64. The Balaban J connectivity index is 4.42. The fourth-order valence-corrected chi connectivity index (χ4v) is 6.43. The number of aliphatic carboxylic acids is 1. The van der Waals surface area contributed by atoms with Gasteiger partial charge in [-0.25, -0.2) is 4.79 Å². The number of nitrogens with zero attached hydrogens (tertiary/aromatic N) is 1. The fraction of sp³-hybridized carbons (Fsp3) is 0.816. The summed E-state index contributed by atoms with van der Waals surface area (Å²) < 4.78 is 22.7. The minimum Gasteiger partial charge on any atom is -0.477 e. The lowest BCUT2D eigenvalue weighted by Gasteiger charge is -2.25. The van der Waals surface area contributed by atoms with Crippen LogP contribution in [0.5, 0.6) is 0 Å². The van der Waals surface area contributed by atoms with E-state index < -0.39 is 24.3 Å². The zero-order valence-electron chi connectivity index (χ0n) is 38.2. The number of esters is 2. The Morgan fingerprint density at radius 2 is 0.931 bits per heavy atom. The number of likely N-dealkylation sites (N-methyl/N-ethyl adjacent to an activating group) is 1. The van der Waals surface area contributed by atoms with Crippen molar-refractivity contribution in [2.45, 2.75) is 212 Å². The van der Waals surface area contributed by atoms with Gasteiger partial charge in [-0.05, 0) is 51.4 Å². The largest absolute Gasteiger partial charge is 0.477 e. The molecule has 0 spiro atoms. The highest BCUT2D eigenvalue weighted by Crippen LogP contribution is 2.15. The highest BCUT2D eigenvalue weighted by molar-refractivity contribution is 5.71. The molecule has 2 unspecified atom stereocenters. The van der Waals surface area contributed by atoms with Crippen LogP contribution in [0.2, 0.25) is 0 Å². The van der Waals surface area contributed by atoms with Crippen molar-refractivity contribution in [3.8, 4) is 0 Å². The standard InChI is InChI=1S/C49H89NO8/c1-6-8-10-12-14-16-18-20-22-23-24-25-26-28-30-32-34-36-38-40-47(52)58-45(44-57-49(48(53)54)55-42-41-50(3,4)5)43-56-46(51)39-37-35-33-31-29-27-21-19-17-15-13-11-9-7-2/h14,16,20,22,24-25,45,49H,6-13,15,17-19,21,23,26-44H2,1-5H3/p+1/b16-14-,22-20-,25-24-. The third kappa shape index (κ3) is 41.7. The molecule has 0 amide bonds. The van der Waals surface area contributed by atoms with Crippen molar-refractivity contribution in [1.82, 2.24) is 0 Å². The van der Waals surface area contributed by atoms with Gasteiger partial charge in [0, 0.05) is 12.8 Å². The van der Waals surface area contributed by atoms with Gasteiger partial charge in [-0.15, -0.1) is 0 Å². The lowest BCUT2D eigenvalue weighted by Crippen LogP contribution is -2.40. The first-order valence-electron chi connectivity index (χ1n) is 23.7. The molecular weight excluding hydrogens is 731 g/mol. The molecule has 0 bridgehead atoms. The van der Waals surface area contributed by atoms with E-state index in [9.17, 15) is 19.5 Å². The number of carbonyl (C=O) groups excluding carboxylic acids is 2. The van der Waals surface area contributed by atoms with Crippen molar-refractivity contribution < 1.29 is 42.9 Å². The van der Waals surface area contributed by atoms with Gasteiger partial charge >= 0.3 is 17.9 Å². The lowest BCUT2D eigenvalue weighted by atomic mass is 10.0. The summed E-state index contributed by atoms with van der Waals surface area (Å²) in [6.07, 6.45) is 43.4. The van der Waals surface area contributed by atoms with E-state index in [0.717, 1.165) is 57.8 Å². The molecule has 0 aliphatic rings. The molecule has 0 aromatic carbocycles. The first-order chi connectivity index (χ1) is 28.1. The van der Waals surface area contributed by atoms with Gasteiger partial charge in [0.25, 0.3) is 6.29 Å². The summed E-state index contributed by atoms with van der Waals surface area (Å²) in [4.78, 5) is 37.1. The van der Waals surface area contributed by atoms with Crippen LogP contribution in [0.1, 0.15) is 200 Å². The van der Waals surface area contributed by atoms with E-state index in [1.54, 1.807) is 0 Å². The number of unbranched alkanes of at least 4 members (excludes halogenated alkanes) is 22. The molecule has 0 saturated carbocycles. The molecule has 0 aromatic rings. The molecule has 1 N–H and O–H groups in total. The second-order valence-corrected chi connectivity index (χ2v) is 17.1. The molecule has 9 nitrogen and oxygen atoms in total. The lowest BCUT2D eigenvalue weighted by molar-refractivity contribution is -0.870. The molecule has 0 saturated heterocycles. The number of carboxylic acids is 1. The predicted octanol–water partition coefficient (Wildman–Crippen LogP) is 12.6. The van der Waals surface area contributed by atoms with Gasteiger partial charge in [0.1, 0.15) is 13.2 Å². The number of hydrogen-bond acceptors (Lipinski definition) is 7. The molecule has 9 heteroatoms. The minimum absolute atomic E-state index is 0.185. The van der Waals surface area contributed by atoms with E-state index in [1.807, 2.05) is 21.1 Å². The van der Waals surface area contributed by atoms with Crippen molar-refractivity contribution in [3.05, 3.63) is 36.5 Å². The Morgan fingerprint density at radius 3 is 1.41 bits per heavy atom. The van der Waals surface area contributed by atoms with E-state index in [2.05, 4.69) is 50.3 Å². The summed E-state index contributed by atoms with van der Waals surface area (Å²) in [6, 6.07) is 0. The first-order valence-corrected chi connectivity index (χ1v) is 23.7. The summed E-state index contributed by atoms with van der Waals surface area (Å²) >= 11 is 0. The van der Waals surface area contributed by atoms with Crippen molar-refractivity contribution in [1.29, 1.82) is 0 Å². The molecule has 0 radical (unpaired) electrons. The molecule has 58 heavy (non-hydrogen) atoms. The van der Waals surface area contributed by atoms with E-state index >= 15 is 0 Å². The van der Waals surface area contributed by atoms with E-state index in [1.165, 1.54) is 109 Å². The molecule has 0 aliphatic carbocycles. The van der Waals surface area contributed by atoms with Crippen LogP contribution in [-0.2, 0) is 33.3 Å². The van der Waals surface area contributed by atoms with Gasteiger partial charge < -0.3 is 28.5 Å². The number of allylic oxidation sites excluding steroid dienone is 6. The highest BCUT2D eigenvalue weighted by Gasteiger charge is 2.25. The van der Waals surface area contributed by atoms with E-state index in [4.69, 9.17) is 18.9 Å². The zero-order valence-corrected chi connectivity index (χ0v) is 38.2. The van der Waals surface area contributed by atoms with Crippen molar-refractivity contribution in [2.75, 3.05) is 47.5 Å². The zero-order chi connectivity index (χ0) is 42.8. The molecule has 0 aromatic heterocycles. The topological polar surface area (TPSA) is 108 Å². The van der Waals surface area contributed by atoms with Crippen LogP contribution < -0.4 is 0 Å². The summed E-state index contributed by atoms with van der Waals surface area (Å²) in [5.41, 5.74) is 0. The number of carbonyl (C=O) groups is 3. The number of ether oxygens (including phenoxy) is 4. The van der Waals surface area contributed by atoms with Crippen molar-refractivity contribution in [2.24, 2.45) is 0 Å². The molecule has 0 aliphatic heterocycles. The fourth-order valence-electron chi connectivity index (χ4n) is 6.43. The van der Waals surface area contributed by atoms with Crippen LogP contribution in [0.4, 0.5) is 0 Å². The van der Waals surface area contributed by atoms with Gasteiger partial charge in [0.2, 0.25) is 0 Å². The quantitative estimate of drug-likeness (QED) is 0.0213. The Labute approximate surface area is 356 Å². The Bertz CT molecular complexity index is 1050.